The van der Waals surface area contributed by atoms with E-state index in [0.717, 1.165) is 4.47 Å². The molecule has 0 bridgehead atoms. The molecule has 2 rings (SSSR count). The molecule has 0 aliphatic rings. The standard InChI is InChI=1S/C18H19BrClN3O2/c1-12(18(25)21-14-9-7-13(20)8-10-14)23(2)11-17(24)22-16-6-4-3-5-15(16)19/h3-10,12H,11H2,1-2H3,(H,21,25)(H,22,24)/t12-/m1/s1. The fourth-order valence-electron chi connectivity index (χ4n) is 2.10. The van der Waals surface area contributed by atoms with Crippen LogP contribution in [0.3, 0.4) is 0 Å². The first-order valence-electron chi connectivity index (χ1n) is 7.68. The lowest BCUT2D eigenvalue weighted by atomic mass is 10.2. The summed E-state index contributed by atoms with van der Waals surface area (Å²) in [5.74, 6) is -0.390. The average Bonchev–Trinajstić information content (AvgIpc) is 2.58. The lowest BCUT2D eigenvalue weighted by Gasteiger charge is -2.23. The van der Waals surface area contributed by atoms with Crippen molar-refractivity contribution in [2.45, 2.75) is 13.0 Å². The SMILES string of the molecule is C[C@H](C(=O)Nc1ccc(Cl)cc1)N(C)CC(=O)Nc1ccccc1Br. The van der Waals surface area contributed by atoms with Crippen molar-refractivity contribution >= 4 is 50.7 Å². The van der Waals surface area contributed by atoms with Gasteiger partial charge in [-0.3, -0.25) is 14.5 Å². The van der Waals surface area contributed by atoms with Crippen LogP contribution in [0.4, 0.5) is 11.4 Å². The lowest BCUT2D eigenvalue weighted by molar-refractivity contribution is -0.122. The Hall–Kier alpha value is -1.89. The first-order chi connectivity index (χ1) is 11.9. The fourth-order valence-corrected chi connectivity index (χ4v) is 2.61. The van der Waals surface area contributed by atoms with E-state index in [2.05, 4.69) is 26.6 Å². The van der Waals surface area contributed by atoms with E-state index in [4.69, 9.17) is 11.6 Å². The third kappa shape index (κ3) is 5.85. The molecule has 0 aromatic heterocycles. The number of nitrogens with zero attached hydrogens (tertiary/aromatic N) is 1. The predicted octanol–water partition coefficient (Wildman–Crippen LogP) is 4.00. The van der Waals surface area contributed by atoms with Crippen LogP contribution >= 0.6 is 27.5 Å². The van der Waals surface area contributed by atoms with Crippen molar-refractivity contribution in [2.75, 3.05) is 24.2 Å². The number of rotatable bonds is 6. The predicted molar refractivity (Wildman–Crippen MR) is 105 cm³/mol. The van der Waals surface area contributed by atoms with Crippen molar-refractivity contribution in [3.05, 3.63) is 58.0 Å². The van der Waals surface area contributed by atoms with Crippen molar-refractivity contribution in [1.29, 1.82) is 0 Å². The number of hydrogen-bond acceptors (Lipinski definition) is 3. The number of carbonyl (C=O) groups excluding carboxylic acids is 2. The second kappa shape index (κ2) is 8.99. The zero-order valence-corrected chi connectivity index (χ0v) is 16.3. The Labute approximate surface area is 160 Å². The number of hydrogen-bond donors (Lipinski definition) is 2. The van der Waals surface area contributed by atoms with Gasteiger partial charge in [-0.15, -0.1) is 0 Å². The number of anilines is 2. The normalized spacial score (nSPS) is 11.9. The zero-order valence-electron chi connectivity index (χ0n) is 13.9. The quantitative estimate of drug-likeness (QED) is 0.737. The minimum absolute atomic E-state index is 0.0938. The first kappa shape index (κ1) is 19.4. The molecule has 0 heterocycles. The largest absolute Gasteiger partial charge is 0.325 e. The fraction of sp³-hybridized carbons (Fsp3) is 0.222. The number of likely N-dealkylation sites (N-methyl/N-ethyl adjacent to an activating group) is 1. The molecule has 0 aliphatic carbocycles. The van der Waals surface area contributed by atoms with E-state index >= 15 is 0 Å². The van der Waals surface area contributed by atoms with Crippen LogP contribution in [0.5, 0.6) is 0 Å². The Bertz CT molecular complexity index is 752. The van der Waals surface area contributed by atoms with Crippen molar-refractivity contribution in [3.63, 3.8) is 0 Å². The van der Waals surface area contributed by atoms with Crippen LogP contribution in [0.1, 0.15) is 6.92 Å². The van der Waals surface area contributed by atoms with E-state index in [9.17, 15) is 9.59 Å². The first-order valence-corrected chi connectivity index (χ1v) is 8.85. The molecular formula is C18H19BrClN3O2. The van der Waals surface area contributed by atoms with E-state index in [1.165, 1.54) is 0 Å². The Kier molecular flexibility index (Phi) is 6.99. The summed E-state index contributed by atoms with van der Waals surface area (Å²) in [6.45, 7) is 1.84. The maximum atomic E-state index is 12.3. The number of para-hydroxylation sites is 1. The molecule has 2 aromatic carbocycles. The Balaban J connectivity index is 1.89. The van der Waals surface area contributed by atoms with Crippen LogP contribution in [0.15, 0.2) is 53.0 Å². The highest BCUT2D eigenvalue weighted by Crippen LogP contribution is 2.21. The summed E-state index contributed by atoms with van der Waals surface area (Å²) >= 11 is 9.21. The molecule has 0 saturated heterocycles. The van der Waals surface area contributed by atoms with Crippen LogP contribution in [0, 0.1) is 0 Å². The molecule has 132 valence electrons. The smallest absolute Gasteiger partial charge is 0.241 e. The van der Waals surface area contributed by atoms with Gasteiger partial charge >= 0.3 is 0 Å². The van der Waals surface area contributed by atoms with Gasteiger partial charge in [-0.2, -0.15) is 0 Å². The van der Waals surface area contributed by atoms with E-state index in [0.29, 0.717) is 16.4 Å². The average molecular weight is 425 g/mol. The minimum Gasteiger partial charge on any atom is -0.325 e. The maximum Gasteiger partial charge on any atom is 0.241 e. The van der Waals surface area contributed by atoms with E-state index < -0.39 is 6.04 Å². The highest BCUT2D eigenvalue weighted by Gasteiger charge is 2.20. The summed E-state index contributed by atoms with van der Waals surface area (Å²) in [6, 6.07) is 13.8. The van der Waals surface area contributed by atoms with E-state index in [-0.39, 0.29) is 18.4 Å². The van der Waals surface area contributed by atoms with Crippen LogP contribution in [0.2, 0.25) is 5.02 Å². The topological polar surface area (TPSA) is 61.4 Å². The third-order valence-electron chi connectivity index (χ3n) is 3.69. The highest BCUT2D eigenvalue weighted by atomic mass is 79.9. The zero-order chi connectivity index (χ0) is 18.4. The van der Waals surface area contributed by atoms with Crippen LogP contribution < -0.4 is 10.6 Å². The van der Waals surface area contributed by atoms with Gasteiger partial charge in [-0.05, 0) is 66.3 Å². The second-order valence-electron chi connectivity index (χ2n) is 5.62. The number of amides is 2. The molecule has 25 heavy (non-hydrogen) atoms. The van der Waals surface area contributed by atoms with Gasteiger partial charge in [-0.25, -0.2) is 0 Å². The molecule has 5 nitrogen and oxygen atoms in total. The Morgan fingerprint density at radius 2 is 1.76 bits per heavy atom. The maximum absolute atomic E-state index is 12.3. The summed E-state index contributed by atoms with van der Waals surface area (Å²) in [4.78, 5) is 26.2. The number of benzene rings is 2. The number of carbonyl (C=O) groups is 2. The Morgan fingerprint density at radius 3 is 2.40 bits per heavy atom. The van der Waals surface area contributed by atoms with Gasteiger partial charge in [0.2, 0.25) is 11.8 Å². The molecule has 0 radical (unpaired) electrons. The molecule has 0 unspecified atom stereocenters. The molecule has 2 amide bonds. The summed E-state index contributed by atoms with van der Waals surface area (Å²) in [6.07, 6.45) is 0. The van der Waals surface area contributed by atoms with Crippen LogP contribution in [0.25, 0.3) is 0 Å². The number of halogens is 2. The molecule has 0 aliphatic heterocycles. The molecule has 7 heteroatoms. The van der Waals surface area contributed by atoms with Gasteiger partial charge in [0.1, 0.15) is 0 Å². The van der Waals surface area contributed by atoms with E-state index in [1.807, 2.05) is 18.2 Å². The van der Waals surface area contributed by atoms with Crippen LogP contribution in [-0.4, -0.2) is 36.3 Å². The monoisotopic (exact) mass is 423 g/mol. The molecule has 1 atom stereocenters. The summed E-state index contributed by atoms with van der Waals surface area (Å²) in [5.41, 5.74) is 1.35. The molecule has 0 fully saturated rings. The van der Waals surface area contributed by atoms with Gasteiger partial charge in [0.25, 0.3) is 0 Å². The molecular weight excluding hydrogens is 406 g/mol. The van der Waals surface area contributed by atoms with Gasteiger partial charge in [0.05, 0.1) is 18.3 Å². The molecule has 2 N–H and O–H groups in total. The van der Waals surface area contributed by atoms with Gasteiger partial charge in [-0.1, -0.05) is 23.7 Å². The number of nitrogens with one attached hydrogen (secondary N) is 2. The van der Waals surface area contributed by atoms with Crippen molar-refractivity contribution in [1.82, 2.24) is 4.90 Å². The van der Waals surface area contributed by atoms with Crippen molar-refractivity contribution < 1.29 is 9.59 Å². The molecule has 0 saturated carbocycles. The summed E-state index contributed by atoms with van der Waals surface area (Å²) in [7, 11) is 1.73. The summed E-state index contributed by atoms with van der Waals surface area (Å²) in [5, 5.41) is 6.22. The van der Waals surface area contributed by atoms with Gasteiger partial charge < -0.3 is 10.6 Å². The summed E-state index contributed by atoms with van der Waals surface area (Å²) < 4.78 is 0.805. The van der Waals surface area contributed by atoms with Crippen LogP contribution in [-0.2, 0) is 9.59 Å². The second-order valence-corrected chi connectivity index (χ2v) is 6.91. The Morgan fingerprint density at radius 1 is 1.12 bits per heavy atom. The van der Waals surface area contributed by atoms with Gasteiger partial charge in [0.15, 0.2) is 0 Å². The minimum atomic E-state index is -0.472. The van der Waals surface area contributed by atoms with Gasteiger partial charge in [0, 0.05) is 15.2 Å². The third-order valence-corrected chi connectivity index (χ3v) is 4.64. The molecule has 0 spiro atoms. The van der Waals surface area contributed by atoms with Crippen molar-refractivity contribution in [2.24, 2.45) is 0 Å². The van der Waals surface area contributed by atoms with E-state index in [1.54, 1.807) is 49.2 Å². The molecule has 2 aromatic rings. The lowest BCUT2D eigenvalue weighted by Crippen LogP contribution is -2.43. The van der Waals surface area contributed by atoms with Crippen molar-refractivity contribution in [3.8, 4) is 0 Å². The highest BCUT2D eigenvalue weighted by molar-refractivity contribution is 9.10.